The summed E-state index contributed by atoms with van der Waals surface area (Å²) in [5.41, 5.74) is 13.8. The van der Waals surface area contributed by atoms with Gasteiger partial charge in [-0.3, -0.25) is 0 Å². The topological polar surface area (TPSA) is 0 Å². The second-order valence-electron chi connectivity index (χ2n) is 17.6. The molecule has 0 bridgehead atoms. The Labute approximate surface area is 335 Å². The Morgan fingerprint density at radius 1 is 0.259 bits per heavy atom. The highest BCUT2D eigenvalue weighted by atomic mass is 14.3. The van der Waals surface area contributed by atoms with Crippen LogP contribution >= 0.6 is 0 Å². The van der Waals surface area contributed by atoms with Crippen molar-refractivity contribution in [2.75, 3.05) is 0 Å². The van der Waals surface area contributed by atoms with Crippen molar-refractivity contribution in [3.8, 4) is 0 Å². The lowest BCUT2D eigenvalue weighted by atomic mass is 9.75. The van der Waals surface area contributed by atoms with Gasteiger partial charge in [-0.05, 0) is 168 Å². The maximum atomic E-state index is 2.67. The Balaban J connectivity index is 2.14. The van der Waals surface area contributed by atoms with Crippen molar-refractivity contribution in [2.45, 2.75) is 248 Å². The minimum atomic E-state index is 1.25. The van der Waals surface area contributed by atoms with E-state index in [4.69, 9.17) is 0 Å². The molecule has 0 fully saturated rings. The molecule has 0 nitrogen and oxygen atoms in total. The van der Waals surface area contributed by atoms with Gasteiger partial charge in [0.15, 0.2) is 0 Å². The highest BCUT2D eigenvalue weighted by Crippen LogP contribution is 2.48. The van der Waals surface area contributed by atoms with Crippen molar-refractivity contribution >= 4 is 32.3 Å². The van der Waals surface area contributed by atoms with Gasteiger partial charge in [-0.2, -0.15) is 0 Å². The number of unbranched alkanes of at least 4 members (excludes halogenated alkanes) is 18. The molecule has 302 valence electrons. The summed E-state index contributed by atoms with van der Waals surface area (Å²) in [6, 6.07) is 5.34. The first kappa shape index (κ1) is 44.6. The largest absolute Gasteiger partial charge is 0.0654 e. The van der Waals surface area contributed by atoms with Crippen LogP contribution in [0.1, 0.15) is 240 Å². The van der Waals surface area contributed by atoms with E-state index in [2.05, 4.69) is 67.5 Å². The molecule has 0 aliphatic carbocycles. The van der Waals surface area contributed by atoms with Crippen LogP contribution in [-0.4, -0.2) is 0 Å². The van der Waals surface area contributed by atoms with Gasteiger partial charge in [-0.25, -0.2) is 0 Å². The zero-order valence-corrected chi connectivity index (χ0v) is 37.4. The molecule has 0 aliphatic rings. The molecular formula is C54H86. The standard InChI is InChI=1S/C54H86/c1-9-15-21-27-33-43-41(7)51-47(37-31-25-19-13-5)48(38-32-26-20-14-6)52-42(8)44(34-28-22-16-10-2)46(36-30-24-18-12-4)50-40-39-49(53(51)54(50)52)45(43)35-29-23-17-11-3/h39-40H,9-38H2,1-8H3. The molecular weight excluding hydrogens is 649 g/mol. The average Bonchev–Trinajstić information content (AvgIpc) is 3.18. The Kier molecular flexibility index (Phi) is 20.3. The summed E-state index contributed by atoms with van der Waals surface area (Å²) < 4.78 is 0. The fourth-order valence-corrected chi connectivity index (χ4v) is 10.3. The number of aryl methyl sites for hydroxylation is 6. The molecule has 0 aromatic heterocycles. The highest BCUT2D eigenvalue weighted by molar-refractivity contribution is 6.27. The lowest BCUT2D eigenvalue weighted by Crippen LogP contribution is -2.10. The van der Waals surface area contributed by atoms with E-state index in [1.54, 1.807) is 76.8 Å². The second kappa shape index (κ2) is 24.5. The van der Waals surface area contributed by atoms with Crippen LogP contribution in [0.2, 0.25) is 0 Å². The molecule has 0 unspecified atom stereocenters. The van der Waals surface area contributed by atoms with E-state index >= 15 is 0 Å². The molecule has 4 aromatic carbocycles. The fourth-order valence-electron chi connectivity index (χ4n) is 10.3. The first-order valence-corrected chi connectivity index (χ1v) is 24.3. The van der Waals surface area contributed by atoms with Crippen molar-refractivity contribution in [3.05, 3.63) is 56.6 Å². The second-order valence-corrected chi connectivity index (χ2v) is 17.6. The molecule has 4 rings (SSSR count). The molecule has 0 atom stereocenters. The van der Waals surface area contributed by atoms with Crippen LogP contribution in [0, 0.1) is 13.8 Å². The molecule has 0 saturated carbocycles. The monoisotopic (exact) mass is 735 g/mol. The van der Waals surface area contributed by atoms with Gasteiger partial charge in [0.25, 0.3) is 0 Å². The molecule has 0 amide bonds. The Morgan fingerprint density at radius 2 is 0.500 bits per heavy atom. The summed E-state index contributed by atoms with van der Waals surface area (Å²) in [5, 5.41) is 10.0. The molecule has 0 aliphatic heterocycles. The van der Waals surface area contributed by atoms with Crippen molar-refractivity contribution in [1.82, 2.24) is 0 Å². The Morgan fingerprint density at radius 3 is 0.759 bits per heavy atom. The maximum absolute atomic E-state index is 2.67. The average molecular weight is 735 g/mol. The predicted octanol–water partition coefficient (Wildman–Crippen LogP) is 17.9. The summed E-state index contributed by atoms with van der Waals surface area (Å²) in [7, 11) is 0. The minimum absolute atomic E-state index is 1.25. The van der Waals surface area contributed by atoms with E-state index in [1.807, 2.05) is 0 Å². The Bertz CT molecular complexity index is 1530. The van der Waals surface area contributed by atoms with Crippen LogP contribution < -0.4 is 0 Å². The molecule has 0 N–H and O–H groups in total. The summed E-state index contributed by atoms with van der Waals surface area (Å²) in [6.07, 6.45) is 39.7. The number of hydrogen-bond acceptors (Lipinski definition) is 0. The van der Waals surface area contributed by atoms with Crippen molar-refractivity contribution in [1.29, 1.82) is 0 Å². The van der Waals surface area contributed by atoms with Gasteiger partial charge in [0.1, 0.15) is 0 Å². The molecule has 0 heterocycles. The number of rotatable bonds is 30. The van der Waals surface area contributed by atoms with Crippen LogP contribution in [0.3, 0.4) is 0 Å². The zero-order chi connectivity index (χ0) is 38.7. The van der Waals surface area contributed by atoms with Crippen LogP contribution in [0.15, 0.2) is 12.1 Å². The van der Waals surface area contributed by atoms with Gasteiger partial charge in [-0.15, -0.1) is 0 Å². The number of benzene rings is 4. The van der Waals surface area contributed by atoms with Gasteiger partial charge in [0.2, 0.25) is 0 Å². The summed E-state index contributed by atoms with van der Waals surface area (Å²) in [4.78, 5) is 0. The van der Waals surface area contributed by atoms with Crippen LogP contribution in [0.4, 0.5) is 0 Å². The first-order valence-electron chi connectivity index (χ1n) is 24.3. The molecule has 0 radical (unpaired) electrons. The van der Waals surface area contributed by atoms with Gasteiger partial charge in [0, 0.05) is 0 Å². The normalized spacial score (nSPS) is 12.1. The van der Waals surface area contributed by atoms with Gasteiger partial charge in [0.05, 0.1) is 0 Å². The molecule has 0 heteroatoms. The van der Waals surface area contributed by atoms with E-state index in [9.17, 15) is 0 Å². The van der Waals surface area contributed by atoms with Gasteiger partial charge < -0.3 is 0 Å². The smallest absolute Gasteiger partial charge is 0.00180 e. The summed E-state index contributed by atoms with van der Waals surface area (Å²) >= 11 is 0. The van der Waals surface area contributed by atoms with Crippen LogP contribution in [-0.2, 0) is 38.5 Å². The zero-order valence-electron chi connectivity index (χ0n) is 37.4. The summed E-state index contributed by atoms with van der Waals surface area (Å²) in [5.74, 6) is 0. The molecule has 0 spiro atoms. The molecule has 0 saturated heterocycles. The quantitative estimate of drug-likeness (QED) is 0.0370. The van der Waals surface area contributed by atoms with Crippen LogP contribution in [0.5, 0.6) is 0 Å². The third-order valence-electron chi connectivity index (χ3n) is 13.4. The molecule has 54 heavy (non-hydrogen) atoms. The fraction of sp³-hybridized carbons (Fsp3) is 0.704. The third kappa shape index (κ3) is 11.3. The van der Waals surface area contributed by atoms with Gasteiger partial charge in [-0.1, -0.05) is 169 Å². The van der Waals surface area contributed by atoms with E-state index < -0.39 is 0 Å². The predicted molar refractivity (Wildman–Crippen MR) is 247 cm³/mol. The van der Waals surface area contributed by atoms with Crippen LogP contribution in [0.25, 0.3) is 32.3 Å². The summed E-state index contributed by atoms with van der Waals surface area (Å²) in [6.45, 7) is 19.4. The SMILES string of the molecule is CCCCCCc1c(CCCCCC)c2ccc3c(CCCCCC)c(CCCCCC)c(C)c4c(CCCCCC)c(CCCCCC)c(c1C)c2c34. The lowest BCUT2D eigenvalue weighted by Gasteiger charge is -2.29. The van der Waals surface area contributed by atoms with Gasteiger partial charge >= 0.3 is 0 Å². The number of hydrogen-bond donors (Lipinski definition) is 0. The first-order chi connectivity index (χ1) is 26.5. The lowest BCUT2D eigenvalue weighted by molar-refractivity contribution is 0.649. The molecule has 4 aromatic rings. The highest BCUT2D eigenvalue weighted by Gasteiger charge is 2.27. The van der Waals surface area contributed by atoms with E-state index in [1.165, 1.54) is 193 Å². The van der Waals surface area contributed by atoms with Crippen molar-refractivity contribution < 1.29 is 0 Å². The van der Waals surface area contributed by atoms with Crippen molar-refractivity contribution in [3.63, 3.8) is 0 Å². The Hall–Kier alpha value is -2.08. The van der Waals surface area contributed by atoms with E-state index in [0.29, 0.717) is 0 Å². The minimum Gasteiger partial charge on any atom is -0.0654 e. The van der Waals surface area contributed by atoms with E-state index in [0.717, 1.165) is 0 Å². The third-order valence-corrected chi connectivity index (χ3v) is 13.4. The maximum Gasteiger partial charge on any atom is -0.00180 e. The van der Waals surface area contributed by atoms with E-state index in [-0.39, 0.29) is 0 Å². The van der Waals surface area contributed by atoms with Crippen molar-refractivity contribution in [2.24, 2.45) is 0 Å².